The van der Waals surface area contributed by atoms with Gasteiger partial charge in [0, 0.05) is 0 Å². The van der Waals surface area contributed by atoms with Gasteiger partial charge < -0.3 is 0 Å². The summed E-state index contributed by atoms with van der Waals surface area (Å²) in [5.41, 5.74) is 0.735. The Hall–Kier alpha value is -0.640. The van der Waals surface area contributed by atoms with Crippen molar-refractivity contribution < 1.29 is 0 Å². The van der Waals surface area contributed by atoms with Crippen molar-refractivity contribution >= 4 is 15.9 Å². The molecule has 0 saturated carbocycles. The molecule has 1 N–H and O–H groups in total. The Morgan fingerprint density at radius 2 is 2.33 bits per heavy atom. The minimum atomic E-state index is -0.178. The lowest BCUT2D eigenvalue weighted by Crippen LogP contribution is -2.11. The van der Waals surface area contributed by atoms with Crippen LogP contribution in [-0.4, -0.2) is 10.2 Å². The van der Waals surface area contributed by atoms with E-state index in [0.29, 0.717) is 10.4 Å². The fourth-order valence-electron chi connectivity index (χ4n) is 0.943. The van der Waals surface area contributed by atoms with Crippen LogP contribution in [0.25, 0.3) is 0 Å². The lowest BCUT2D eigenvalue weighted by atomic mass is 10.1. The van der Waals surface area contributed by atoms with Gasteiger partial charge in [0.2, 0.25) is 0 Å². The fourth-order valence-corrected chi connectivity index (χ4v) is 1.30. The van der Waals surface area contributed by atoms with E-state index >= 15 is 0 Å². The van der Waals surface area contributed by atoms with Crippen molar-refractivity contribution in [1.29, 1.82) is 0 Å². The topological polar surface area (TPSA) is 45.8 Å². The predicted molar refractivity (Wildman–Crippen MR) is 51.1 cm³/mol. The maximum absolute atomic E-state index is 10.9. The van der Waals surface area contributed by atoms with Crippen LogP contribution >= 0.6 is 15.9 Å². The second-order valence-corrected chi connectivity index (χ2v) is 3.99. The van der Waals surface area contributed by atoms with E-state index in [1.54, 1.807) is 6.07 Å². The van der Waals surface area contributed by atoms with Crippen molar-refractivity contribution in [2.75, 3.05) is 0 Å². The first-order chi connectivity index (χ1) is 5.59. The summed E-state index contributed by atoms with van der Waals surface area (Å²) in [6.07, 6.45) is 0.884. The highest BCUT2D eigenvalue weighted by Gasteiger charge is 2.01. The van der Waals surface area contributed by atoms with Gasteiger partial charge in [-0.25, -0.2) is 5.10 Å². The van der Waals surface area contributed by atoms with Gasteiger partial charge >= 0.3 is 0 Å². The second kappa shape index (κ2) is 3.85. The van der Waals surface area contributed by atoms with Crippen LogP contribution in [0.1, 0.15) is 19.5 Å². The van der Waals surface area contributed by atoms with Crippen molar-refractivity contribution in [3.05, 3.63) is 26.6 Å². The summed E-state index contributed by atoms with van der Waals surface area (Å²) < 4.78 is 0.549. The number of aromatic nitrogens is 2. The van der Waals surface area contributed by atoms with Gasteiger partial charge in [-0.15, -0.1) is 0 Å². The largest absolute Gasteiger partial charge is 0.278 e. The van der Waals surface area contributed by atoms with Crippen molar-refractivity contribution in [3.63, 3.8) is 0 Å². The molecule has 1 heterocycles. The summed E-state index contributed by atoms with van der Waals surface area (Å²) in [6.45, 7) is 4.22. The summed E-state index contributed by atoms with van der Waals surface area (Å²) in [7, 11) is 0. The molecule has 1 rings (SSSR count). The number of hydrogen-bond acceptors (Lipinski definition) is 2. The molecule has 0 fully saturated rings. The number of halogens is 1. The Morgan fingerprint density at radius 1 is 1.67 bits per heavy atom. The maximum atomic E-state index is 10.9. The minimum absolute atomic E-state index is 0.178. The summed E-state index contributed by atoms with van der Waals surface area (Å²) in [5.74, 6) is 0.551. The standard InChI is InChI=1S/C8H11BrN2O/c1-5(2)3-6-4-7(9)8(12)11-10-6/h4-5H,3H2,1-2H3,(H,11,12). The van der Waals surface area contributed by atoms with Crippen LogP contribution in [0.4, 0.5) is 0 Å². The third-order valence-corrected chi connectivity index (χ3v) is 2.02. The molecule has 12 heavy (non-hydrogen) atoms. The molecule has 0 saturated heterocycles. The number of nitrogens with one attached hydrogen (secondary N) is 1. The average molecular weight is 231 g/mol. The third-order valence-electron chi connectivity index (χ3n) is 1.43. The molecule has 1 aromatic heterocycles. The SMILES string of the molecule is CC(C)Cc1cc(Br)c(=O)[nH]n1. The molecule has 1 aromatic rings. The van der Waals surface area contributed by atoms with Gasteiger partial charge in [0.15, 0.2) is 0 Å². The molecule has 0 aromatic carbocycles. The molecule has 0 aliphatic carbocycles. The van der Waals surface area contributed by atoms with Crippen LogP contribution in [0.3, 0.4) is 0 Å². The highest BCUT2D eigenvalue weighted by atomic mass is 79.9. The van der Waals surface area contributed by atoms with E-state index in [2.05, 4.69) is 40.0 Å². The maximum Gasteiger partial charge on any atom is 0.278 e. The van der Waals surface area contributed by atoms with Crippen molar-refractivity contribution in [2.45, 2.75) is 20.3 Å². The number of aromatic amines is 1. The van der Waals surface area contributed by atoms with Crippen molar-refractivity contribution in [1.82, 2.24) is 10.2 Å². The second-order valence-electron chi connectivity index (χ2n) is 3.13. The summed E-state index contributed by atoms with van der Waals surface area (Å²) in [6, 6.07) is 1.76. The van der Waals surface area contributed by atoms with Crippen LogP contribution < -0.4 is 5.56 Å². The molecule has 0 spiro atoms. The lowest BCUT2D eigenvalue weighted by Gasteiger charge is -2.02. The van der Waals surface area contributed by atoms with E-state index in [4.69, 9.17) is 0 Å². The average Bonchev–Trinajstić information content (AvgIpc) is 1.96. The Balaban J connectivity index is 2.90. The number of nitrogens with zero attached hydrogens (tertiary/aromatic N) is 1. The van der Waals surface area contributed by atoms with Gasteiger partial charge in [0.05, 0.1) is 10.2 Å². The highest BCUT2D eigenvalue weighted by molar-refractivity contribution is 9.10. The van der Waals surface area contributed by atoms with Crippen LogP contribution in [-0.2, 0) is 6.42 Å². The first kappa shape index (κ1) is 9.45. The normalized spacial score (nSPS) is 10.7. The van der Waals surface area contributed by atoms with E-state index in [9.17, 15) is 4.79 Å². The number of hydrogen-bond donors (Lipinski definition) is 1. The lowest BCUT2D eigenvalue weighted by molar-refractivity contribution is 0.626. The zero-order valence-electron chi connectivity index (χ0n) is 7.10. The van der Waals surface area contributed by atoms with Gasteiger partial charge in [-0.2, -0.15) is 5.10 Å². The van der Waals surface area contributed by atoms with E-state index < -0.39 is 0 Å². The van der Waals surface area contributed by atoms with Crippen molar-refractivity contribution in [3.8, 4) is 0 Å². The third kappa shape index (κ3) is 2.44. The molecule has 0 bridgehead atoms. The Labute approximate surface area is 79.3 Å². The van der Waals surface area contributed by atoms with E-state index in [1.165, 1.54) is 0 Å². The van der Waals surface area contributed by atoms with E-state index in [1.807, 2.05) is 0 Å². The predicted octanol–water partition coefficient (Wildman–Crippen LogP) is 1.73. The summed E-state index contributed by atoms with van der Waals surface area (Å²) in [4.78, 5) is 10.9. The van der Waals surface area contributed by atoms with Gasteiger partial charge in [-0.3, -0.25) is 4.79 Å². The molecule has 3 nitrogen and oxygen atoms in total. The Bertz CT molecular complexity index is 319. The van der Waals surface area contributed by atoms with Crippen LogP contribution in [0.2, 0.25) is 0 Å². The van der Waals surface area contributed by atoms with E-state index in [-0.39, 0.29) is 5.56 Å². The van der Waals surface area contributed by atoms with Crippen LogP contribution in [0, 0.1) is 5.92 Å². The molecule has 4 heteroatoms. The quantitative estimate of drug-likeness (QED) is 0.842. The fraction of sp³-hybridized carbons (Fsp3) is 0.500. The molecular weight excluding hydrogens is 220 g/mol. The monoisotopic (exact) mass is 230 g/mol. The van der Waals surface area contributed by atoms with Crippen LogP contribution in [0.5, 0.6) is 0 Å². The molecule has 66 valence electrons. The molecule has 0 aliphatic heterocycles. The highest BCUT2D eigenvalue weighted by Crippen LogP contribution is 2.07. The zero-order chi connectivity index (χ0) is 9.14. The molecular formula is C8H11BrN2O. The van der Waals surface area contributed by atoms with Crippen molar-refractivity contribution in [2.24, 2.45) is 5.92 Å². The molecule has 0 unspecified atom stereocenters. The first-order valence-corrected chi connectivity index (χ1v) is 4.63. The summed E-state index contributed by atoms with van der Waals surface area (Å²) in [5, 5.41) is 6.33. The summed E-state index contributed by atoms with van der Waals surface area (Å²) >= 11 is 3.15. The van der Waals surface area contributed by atoms with Gasteiger partial charge in [-0.05, 0) is 34.3 Å². The first-order valence-electron chi connectivity index (χ1n) is 3.83. The van der Waals surface area contributed by atoms with Gasteiger partial charge in [0.1, 0.15) is 0 Å². The molecule has 0 atom stereocenters. The molecule has 0 amide bonds. The number of H-pyrrole nitrogens is 1. The Kier molecular flexibility index (Phi) is 3.03. The van der Waals surface area contributed by atoms with Gasteiger partial charge in [0.25, 0.3) is 5.56 Å². The molecule has 0 aliphatic rings. The minimum Gasteiger partial charge on any atom is -0.267 e. The zero-order valence-corrected chi connectivity index (χ0v) is 8.68. The number of rotatable bonds is 2. The Morgan fingerprint density at radius 3 is 2.83 bits per heavy atom. The van der Waals surface area contributed by atoms with Gasteiger partial charge in [-0.1, -0.05) is 13.8 Å². The molecule has 0 radical (unpaired) electrons. The van der Waals surface area contributed by atoms with E-state index in [0.717, 1.165) is 12.1 Å². The smallest absolute Gasteiger partial charge is 0.267 e. The van der Waals surface area contributed by atoms with Crippen LogP contribution in [0.15, 0.2) is 15.3 Å².